The van der Waals surface area contributed by atoms with Crippen molar-refractivity contribution in [2.24, 2.45) is 11.3 Å². The van der Waals surface area contributed by atoms with Crippen LogP contribution in [0.1, 0.15) is 49.7 Å². The molecule has 0 amide bonds. The number of carbonyl (C=O) groups excluding carboxylic acids is 1. The van der Waals surface area contributed by atoms with Crippen LogP contribution in [0.4, 0.5) is 0 Å². The van der Waals surface area contributed by atoms with E-state index in [0.717, 1.165) is 52.0 Å². The molecule has 4 rings (SSSR count). The van der Waals surface area contributed by atoms with E-state index in [4.69, 9.17) is 4.74 Å². The number of piperazine rings is 1. The van der Waals surface area contributed by atoms with Gasteiger partial charge in [0.05, 0.1) is 13.0 Å². The molecule has 2 heterocycles. The van der Waals surface area contributed by atoms with Crippen molar-refractivity contribution < 1.29 is 9.53 Å². The summed E-state index contributed by atoms with van der Waals surface area (Å²) in [5.41, 5.74) is 4.10. The van der Waals surface area contributed by atoms with Gasteiger partial charge in [0.15, 0.2) is 0 Å². The molecule has 27 heavy (non-hydrogen) atoms. The molecule has 2 saturated heterocycles. The fourth-order valence-corrected chi connectivity index (χ4v) is 5.24. The van der Waals surface area contributed by atoms with Crippen molar-refractivity contribution >= 4 is 5.97 Å². The van der Waals surface area contributed by atoms with Gasteiger partial charge >= 0.3 is 5.97 Å². The summed E-state index contributed by atoms with van der Waals surface area (Å²) in [6, 6.07) is 9.22. The van der Waals surface area contributed by atoms with Crippen molar-refractivity contribution in [2.45, 2.75) is 45.1 Å². The van der Waals surface area contributed by atoms with Crippen molar-refractivity contribution in [3.05, 3.63) is 47.5 Å². The van der Waals surface area contributed by atoms with Gasteiger partial charge in [-0.3, -0.25) is 9.69 Å². The number of esters is 1. The molecule has 1 spiro atoms. The van der Waals surface area contributed by atoms with E-state index >= 15 is 0 Å². The number of hydrogen-bond acceptors (Lipinski definition) is 4. The summed E-state index contributed by atoms with van der Waals surface area (Å²) in [5.74, 6) is 0.929. The minimum absolute atomic E-state index is 0.0195. The Morgan fingerprint density at radius 2 is 2.04 bits per heavy atom. The monoisotopic (exact) mass is 368 g/mol. The van der Waals surface area contributed by atoms with Crippen molar-refractivity contribution in [3.8, 4) is 0 Å². The molecule has 0 aromatic heterocycles. The molecule has 1 N–H and O–H groups in total. The Balaban J connectivity index is 1.49. The summed E-state index contributed by atoms with van der Waals surface area (Å²) in [4.78, 5) is 14.3. The zero-order chi connectivity index (χ0) is 18.9. The van der Waals surface area contributed by atoms with Crippen LogP contribution in [0, 0.1) is 11.3 Å². The van der Waals surface area contributed by atoms with Crippen LogP contribution in [0.2, 0.25) is 0 Å². The van der Waals surface area contributed by atoms with E-state index in [2.05, 4.69) is 48.0 Å². The van der Waals surface area contributed by atoms with Gasteiger partial charge in [0.2, 0.25) is 0 Å². The largest absolute Gasteiger partial charge is 0.465 e. The molecule has 3 atom stereocenters. The lowest BCUT2D eigenvalue weighted by molar-refractivity contribution is -0.137. The maximum absolute atomic E-state index is 11.8. The number of hydrogen-bond donors (Lipinski definition) is 1. The first kappa shape index (κ1) is 18.7. The van der Waals surface area contributed by atoms with Gasteiger partial charge in [-0.25, -0.2) is 0 Å². The van der Waals surface area contributed by atoms with Crippen LogP contribution >= 0.6 is 0 Å². The van der Waals surface area contributed by atoms with Crippen molar-refractivity contribution in [1.29, 1.82) is 0 Å². The van der Waals surface area contributed by atoms with Crippen LogP contribution in [0.3, 0.4) is 0 Å². The first-order valence-electron chi connectivity index (χ1n) is 10.4. The number of rotatable bonds is 4. The van der Waals surface area contributed by atoms with Crippen LogP contribution in [0.5, 0.6) is 0 Å². The second kappa shape index (κ2) is 7.76. The quantitative estimate of drug-likeness (QED) is 0.653. The Bertz CT molecular complexity index is 693. The Labute approximate surface area is 163 Å². The Hall–Kier alpha value is -1.65. The topological polar surface area (TPSA) is 41.6 Å². The van der Waals surface area contributed by atoms with Crippen molar-refractivity contribution in [2.75, 3.05) is 32.8 Å². The normalized spacial score (nSPS) is 31.8. The van der Waals surface area contributed by atoms with Crippen molar-refractivity contribution in [3.63, 3.8) is 0 Å². The van der Waals surface area contributed by atoms with E-state index in [0.29, 0.717) is 24.9 Å². The first-order valence-corrected chi connectivity index (χ1v) is 10.4. The third kappa shape index (κ3) is 4.12. The molecule has 2 aliphatic heterocycles. The molecule has 0 radical (unpaired) electrons. The van der Waals surface area contributed by atoms with Crippen LogP contribution in [0.15, 0.2) is 36.4 Å². The average molecular weight is 369 g/mol. The van der Waals surface area contributed by atoms with Gasteiger partial charge < -0.3 is 10.1 Å². The molecule has 146 valence electrons. The summed E-state index contributed by atoms with van der Waals surface area (Å²) >= 11 is 0. The number of cyclic esters (lactones) is 1. The van der Waals surface area contributed by atoms with Gasteiger partial charge in [0, 0.05) is 38.1 Å². The van der Waals surface area contributed by atoms with E-state index in [1.807, 2.05) is 0 Å². The predicted molar refractivity (Wildman–Crippen MR) is 107 cm³/mol. The summed E-state index contributed by atoms with van der Waals surface area (Å²) in [6.45, 7) is 12.5. The van der Waals surface area contributed by atoms with Crippen LogP contribution in [-0.4, -0.2) is 43.7 Å². The van der Waals surface area contributed by atoms with Gasteiger partial charge in [0.25, 0.3) is 0 Å². The number of allylic oxidation sites excluding steroid dienone is 1. The first-order chi connectivity index (χ1) is 13.0. The van der Waals surface area contributed by atoms with E-state index in [1.165, 1.54) is 16.7 Å². The number of ether oxygens (including phenoxy) is 1. The highest BCUT2D eigenvalue weighted by molar-refractivity contribution is 5.72. The van der Waals surface area contributed by atoms with Crippen LogP contribution in [0.25, 0.3) is 0 Å². The summed E-state index contributed by atoms with van der Waals surface area (Å²) in [6.07, 6.45) is 3.81. The summed E-state index contributed by atoms with van der Waals surface area (Å²) in [7, 11) is 0. The SMILES string of the molecule is C=C(C)[C@@H]1CC[C@]2(COC(=O)C2)C[C@H]1c1ccc(CN2CCNCC2)cc1. The van der Waals surface area contributed by atoms with Crippen LogP contribution in [-0.2, 0) is 16.1 Å². The highest BCUT2D eigenvalue weighted by Gasteiger charge is 2.47. The molecule has 1 aromatic carbocycles. The third-order valence-electron chi connectivity index (χ3n) is 6.84. The second-order valence-corrected chi connectivity index (χ2v) is 8.91. The minimum Gasteiger partial charge on any atom is -0.465 e. The Morgan fingerprint density at radius 3 is 2.67 bits per heavy atom. The molecule has 4 nitrogen and oxygen atoms in total. The average Bonchev–Trinajstić information content (AvgIpc) is 3.03. The van der Waals surface area contributed by atoms with E-state index in [-0.39, 0.29) is 11.4 Å². The minimum atomic E-state index is -0.0195. The van der Waals surface area contributed by atoms with Gasteiger partial charge in [-0.15, -0.1) is 0 Å². The lowest BCUT2D eigenvalue weighted by Gasteiger charge is -2.42. The number of nitrogens with zero attached hydrogens (tertiary/aromatic N) is 1. The second-order valence-electron chi connectivity index (χ2n) is 8.91. The lowest BCUT2D eigenvalue weighted by atomic mass is 9.61. The number of carbonyl (C=O) groups is 1. The molecule has 1 saturated carbocycles. The number of nitrogens with one attached hydrogen (secondary N) is 1. The summed E-state index contributed by atoms with van der Waals surface area (Å²) in [5, 5.41) is 3.41. The Morgan fingerprint density at radius 1 is 1.30 bits per heavy atom. The van der Waals surface area contributed by atoms with Gasteiger partial charge in [-0.05, 0) is 49.1 Å². The van der Waals surface area contributed by atoms with E-state index < -0.39 is 0 Å². The fourth-order valence-electron chi connectivity index (χ4n) is 5.24. The van der Waals surface area contributed by atoms with Crippen LogP contribution < -0.4 is 5.32 Å². The van der Waals surface area contributed by atoms with Gasteiger partial charge in [-0.2, -0.15) is 0 Å². The molecule has 1 aliphatic carbocycles. The molecule has 3 fully saturated rings. The molecular weight excluding hydrogens is 336 g/mol. The molecule has 4 heteroatoms. The van der Waals surface area contributed by atoms with Crippen molar-refractivity contribution in [1.82, 2.24) is 10.2 Å². The smallest absolute Gasteiger partial charge is 0.306 e. The van der Waals surface area contributed by atoms with Gasteiger partial charge in [0.1, 0.15) is 0 Å². The predicted octanol–water partition coefficient (Wildman–Crippen LogP) is 3.48. The standard InChI is InChI=1S/C23H32N2O2/c1-17(2)20-7-8-23(14-22(26)27-16-23)13-21(20)19-5-3-18(4-6-19)15-25-11-9-24-10-12-25/h3-6,20-21,24H,1,7-16H2,2H3/t20-,21-,23-/m0/s1. The molecule has 0 unspecified atom stereocenters. The molecule has 1 aromatic rings. The lowest BCUT2D eigenvalue weighted by Crippen LogP contribution is -2.42. The fraction of sp³-hybridized carbons (Fsp3) is 0.609. The molecule has 3 aliphatic rings. The Kier molecular flexibility index (Phi) is 5.38. The van der Waals surface area contributed by atoms with E-state index in [9.17, 15) is 4.79 Å². The highest BCUT2D eigenvalue weighted by atomic mass is 16.5. The molecule has 0 bridgehead atoms. The summed E-state index contributed by atoms with van der Waals surface area (Å²) < 4.78 is 5.36. The zero-order valence-electron chi connectivity index (χ0n) is 16.5. The molecular formula is C23H32N2O2. The maximum Gasteiger partial charge on any atom is 0.306 e. The third-order valence-corrected chi connectivity index (χ3v) is 6.84. The zero-order valence-corrected chi connectivity index (χ0v) is 16.5. The van der Waals surface area contributed by atoms with Gasteiger partial charge in [-0.1, -0.05) is 36.4 Å². The highest BCUT2D eigenvalue weighted by Crippen LogP contribution is 2.52. The van der Waals surface area contributed by atoms with E-state index in [1.54, 1.807) is 0 Å². The maximum atomic E-state index is 11.8. The number of benzene rings is 1.